The number of likely N-dealkylation sites (tertiary alicyclic amines) is 1. The fourth-order valence-electron chi connectivity index (χ4n) is 0.787. The summed E-state index contributed by atoms with van der Waals surface area (Å²) in [6, 6.07) is 0. The molecule has 0 unspecified atom stereocenters. The zero-order valence-electron chi connectivity index (χ0n) is 5.72. The third kappa shape index (κ3) is 1.84. The molecule has 0 aliphatic carbocycles. The molecule has 0 atom stereocenters. The van der Waals surface area contributed by atoms with E-state index in [1.165, 1.54) is 0 Å². The molecule has 0 radical (unpaired) electrons. The Kier molecular flexibility index (Phi) is 2.93. The predicted molar refractivity (Wildman–Crippen MR) is 44.1 cm³/mol. The minimum atomic E-state index is 0.144. The molecule has 0 spiro atoms. The standard InChI is InChI=1S/C7H10BrNO/c8-4-1-3-7(10)9-5-2-6-9/h1,3H,2,4-6H2. The van der Waals surface area contributed by atoms with Crippen molar-refractivity contribution in [3.8, 4) is 0 Å². The highest BCUT2D eigenvalue weighted by Gasteiger charge is 2.16. The first-order chi connectivity index (χ1) is 4.84. The molecule has 0 N–H and O–H groups in total. The van der Waals surface area contributed by atoms with Gasteiger partial charge >= 0.3 is 0 Å². The number of halogens is 1. The summed E-state index contributed by atoms with van der Waals surface area (Å²) < 4.78 is 0. The molecule has 0 saturated carbocycles. The molecule has 0 aromatic rings. The maximum absolute atomic E-state index is 11.0. The number of carbonyl (C=O) groups excluding carboxylic acids is 1. The van der Waals surface area contributed by atoms with Gasteiger partial charge in [0, 0.05) is 18.4 Å². The third-order valence-corrected chi connectivity index (χ3v) is 1.89. The number of carbonyl (C=O) groups is 1. The molecule has 56 valence electrons. The fourth-order valence-corrected chi connectivity index (χ4v) is 0.974. The first-order valence-electron chi connectivity index (χ1n) is 3.36. The number of rotatable bonds is 2. The van der Waals surface area contributed by atoms with Crippen LogP contribution in [-0.2, 0) is 4.79 Å². The van der Waals surface area contributed by atoms with E-state index in [0.29, 0.717) is 0 Å². The molecule has 1 rings (SSSR count). The predicted octanol–water partition coefficient (Wildman–Crippen LogP) is 1.17. The Morgan fingerprint density at radius 1 is 1.60 bits per heavy atom. The average molecular weight is 204 g/mol. The fraction of sp³-hybridized carbons (Fsp3) is 0.571. The molecule has 3 heteroatoms. The van der Waals surface area contributed by atoms with Gasteiger partial charge in [-0.2, -0.15) is 0 Å². The van der Waals surface area contributed by atoms with E-state index in [2.05, 4.69) is 15.9 Å². The molecule has 0 bridgehead atoms. The van der Waals surface area contributed by atoms with Gasteiger partial charge in [0.15, 0.2) is 0 Å². The van der Waals surface area contributed by atoms with E-state index in [9.17, 15) is 4.79 Å². The summed E-state index contributed by atoms with van der Waals surface area (Å²) in [7, 11) is 0. The molecular weight excluding hydrogens is 194 g/mol. The summed E-state index contributed by atoms with van der Waals surface area (Å²) in [5, 5.41) is 0.757. The van der Waals surface area contributed by atoms with Crippen molar-refractivity contribution in [2.24, 2.45) is 0 Å². The Labute approximate surface area is 69.0 Å². The molecule has 2 nitrogen and oxygen atoms in total. The lowest BCUT2D eigenvalue weighted by molar-refractivity contribution is -0.129. The topological polar surface area (TPSA) is 20.3 Å². The second-order valence-corrected chi connectivity index (χ2v) is 2.88. The Bertz CT molecular complexity index is 152. The van der Waals surface area contributed by atoms with Gasteiger partial charge in [-0.1, -0.05) is 22.0 Å². The van der Waals surface area contributed by atoms with E-state index in [-0.39, 0.29) is 5.91 Å². The van der Waals surface area contributed by atoms with E-state index in [1.54, 1.807) is 6.08 Å². The van der Waals surface area contributed by atoms with Crippen LogP contribution in [0.1, 0.15) is 6.42 Å². The van der Waals surface area contributed by atoms with E-state index >= 15 is 0 Å². The van der Waals surface area contributed by atoms with Gasteiger partial charge in [-0.15, -0.1) is 0 Å². The number of alkyl halides is 1. The quantitative estimate of drug-likeness (QED) is 0.488. The van der Waals surface area contributed by atoms with Gasteiger partial charge in [-0.3, -0.25) is 4.79 Å². The minimum absolute atomic E-state index is 0.144. The van der Waals surface area contributed by atoms with Crippen molar-refractivity contribution in [1.82, 2.24) is 4.90 Å². The van der Waals surface area contributed by atoms with Crippen LogP contribution in [0.2, 0.25) is 0 Å². The molecule has 1 aliphatic rings. The molecule has 1 saturated heterocycles. The van der Waals surface area contributed by atoms with Crippen molar-refractivity contribution >= 4 is 21.8 Å². The van der Waals surface area contributed by atoms with E-state index < -0.39 is 0 Å². The number of allylic oxidation sites excluding steroid dienone is 1. The summed E-state index contributed by atoms with van der Waals surface area (Å²) in [5.41, 5.74) is 0. The Hall–Kier alpha value is -0.310. The van der Waals surface area contributed by atoms with Gasteiger partial charge in [0.05, 0.1) is 0 Å². The summed E-state index contributed by atoms with van der Waals surface area (Å²) in [6.07, 6.45) is 4.60. The van der Waals surface area contributed by atoms with E-state index in [4.69, 9.17) is 0 Å². The van der Waals surface area contributed by atoms with Crippen LogP contribution in [0.25, 0.3) is 0 Å². The van der Waals surface area contributed by atoms with Crippen LogP contribution >= 0.6 is 15.9 Å². The lowest BCUT2D eigenvalue weighted by Crippen LogP contribution is -2.41. The summed E-state index contributed by atoms with van der Waals surface area (Å²) in [5.74, 6) is 0.144. The lowest BCUT2D eigenvalue weighted by atomic mass is 10.2. The van der Waals surface area contributed by atoms with Crippen molar-refractivity contribution in [1.29, 1.82) is 0 Å². The molecule has 0 aromatic heterocycles. The zero-order chi connectivity index (χ0) is 7.40. The normalized spacial score (nSPS) is 17.5. The van der Waals surface area contributed by atoms with E-state index in [0.717, 1.165) is 24.8 Å². The van der Waals surface area contributed by atoms with Crippen LogP contribution in [0.3, 0.4) is 0 Å². The molecule has 1 aliphatic heterocycles. The Morgan fingerprint density at radius 3 is 2.70 bits per heavy atom. The Morgan fingerprint density at radius 2 is 2.30 bits per heavy atom. The molecule has 1 heterocycles. The molecular formula is C7H10BrNO. The molecule has 10 heavy (non-hydrogen) atoms. The Balaban J connectivity index is 2.26. The second kappa shape index (κ2) is 3.76. The van der Waals surface area contributed by atoms with Gasteiger partial charge in [0.1, 0.15) is 0 Å². The van der Waals surface area contributed by atoms with Crippen LogP contribution < -0.4 is 0 Å². The van der Waals surface area contributed by atoms with Crippen molar-refractivity contribution in [2.75, 3.05) is 18.4 Å². The lowest BCUT2D eigenvalue weighted by Gasteiger charge is -2.29. The van der Waals surface area contributed by atoms with Crippen molar-refractivity contribution in [3.05, 3.63) is 12.2 Å². The van der Waals surface area contributed by atoms with Crippen LogP contribution in [0.4, 0.5) is 0 Å². The number of nitrogens with zero attached hydrogens (tertiary/aromatic N) is 1. The van der Waals surface area contributed by atoms with Crippen LogP contribution in [0, 0.1) is 0 Å². The highest BCUT2D eigenvalue weighted by molar-refractivity contribution is 9.09. The van der Waals surface area contributed by atoms with Crippen LogP contribution in [0.5, 0.6) is 0 Å². The molecule has 0 aromatic carbocycles. The highest BCUT2D eigenvalue weighted by atomic mass is 79.9. The summed E-state index contributed by atoms with van der Waals surface area (Å²) >= 11 is 3.21. The second-order valence-electron chi connectivity index (χ2n) is 2.24. The van der Waals surface area contributed by atoms with Crippen LogP contribution in [0.15, 0.2) is 12.2 Å². The number of amides is 1. The minimum Gasteiger partial charge on any atom is -0.339 e. The first kappa shape index (κ1) is 7.79. The molecule has 1 amide bonds. The maximum atomic E-state index is 11.0. The SMILES string of the molecule is O=C(C=CCBr)N1CCC1. The van der Waals surface area contributed by atoms with Gasteiger partial charge < -0.3 is 4.90 Å². The summed E-state index contributed by atoms with van der Waals surface area (Å²) in [6.45, 7) is 1.87. The number of hydrogen-bond acceptors (Lipinski definition) is 1. The summed E-state index contributed by atoms with van der Waals surface area (Å²) in [4.78, 5) is 12.8. The average Bonchev–Trinajstić information content (AvgIpc) is 1.79. The highest BCUT2D eigenvalue weighted by Crippen LogP contribution is 2.05. The molecule has 1 fully saturated rings. The van der Waals surface area contributed by atoms with Gasteiger partial charge in [-0.05, 0) is 12.5 Å². The van der Waals surface area contributed by atoms with Gasteiger partial charge in [0.2, 0.25) is 5.91 Å². The van der Waals surface area contributed by atoms with Crippen molar-refractivity contribution in [2.45, 2.75) is 6.42 Å². The largest absolute Gasteiger partial charge is 0.339 e. The number of hydrogen-bond donors (Lipinski definition) is 0. The van der Waals surface area contributed by atoms with Crippen molar-refractivity contribution < 1.29 is 4.79 Å². The van der Waals surface area contributed by atoms with E-state index in [1.807, 2.05) is 11.0 Å². The maximum Gasteiger partial charge on any atom is 0.246 e. The van der Waals surface area contributed by atoms with Gasteiger partial charge in [0.25, 0.3) is 0 Å². The van der Waals surface area contributed by atoms with Gasteiger partial charge in [-0.25, -0.2) is 0 Å². The smallest absolute Gasteiger partial charge is 0.246 e. The van der Waals surface area contributed by atoms with Crippen LogP contribution in [-0.4, -0.2) is 29.2 Å². The zero-order valence-corrected chi connectivity index (χ0v) is 7.30. The monoisotopic (exact) mass is 203 g/mol. The third-order valence-electron chi connectivity index (χ3n) is 1.52. The van der Waals surface area contributed by atoms with Crippen molar-refractivity contribution in [3.63, 3.8) is 0 Å². The first-order valence-corrected chi connectivity index (χ1v) is 4.48.